The minimum atomic E-state index is -0.506. The summed E-state index contributed by atoms with van der Waals surface area (Å²) in [4.78, 5) is 22.3. The summed E-state index contributed by atoms with van der Waals surface area (Å²) in [6.07, 6.45) is 4.23. The lowest BCUT2D eigenvalue weighted by molar-refractivity contribution is 0.00306. The molecule has 6 nitrogen and oxygen atoms in total. The maximum absolute atomic E-state index is 12.3. The van der Waals surface area contributed by atoms with Crippen LogP contribution in [0.15, 0.2) is 6.20 Å². The summed E-state index contributed by atoms with van der Waals surface area (Å²) in [6.45, 7) is 8.43. The summed E-state index contributed by atoms with van der Waals surface area (Å²) in [5.74, 6) is 0. The molecule has 2 rings (SSSR count). The van der Waals surface area contributed by atoms with Crippen molar-refractivity contribution >= 4 is 17.7 Å². The molecule has 23 heavy (non-hydrogen) atoms. The van der Waals surface area contributed by atoms with Crippen LogP contribution in [0.25, 0.3) is 0 Å². The zero-order valence-corrected chi connectivity index (χ0v) is 14.9. The van der Waals surface area contributed by atoms with Crippen molar-refractivity contribution in [1.82, 2.24) is 14.9 Å². The van der Waals surface area contributed by atoms with Crippen LogP contribution in [0.1, 0.15) is 45.6 Å². The molecule has 2 heterocycles. The summed E-state index contributed by atoms with van der Waals surface area (Å²) in [7, 11) is 0. The van der Waals surface area contributed by atoms with Gasteiger partial charge >= 0.3 is 12.1 Å². The highest BCUT2D eigenvalue weighted by molar-refractivity contribution is 6.30. The van der Waals surface area contributed by atoms with Crippen LogP contribution >= 0.6 is 11.6 Å². The molecule has 1 aliphatic rings. The fraction of sp³-hybridized carbons (Fsp3) is 0.688. The third-order valence-electron chi connectivity index (χ3n) is 3.55. The van der Waals surface area contributed by atoms with Gasteiger partial charge in [-0.2, -0.15) is 4.98 Å². The zero-order chi connectivity index (χ0) is 17.0. The van der Waals surface area contributed by atoms with E-state index in [1.807, 2.05) is 27.7 Å². The second kappa shape index (κ2) is 7.34. The first-order valence-electron chi connectivity index (χ1n) is 7.88. The van der Waals surface area contributed by atoms with Crippen molar-refractivity contribution in [2.45, 2.75) is 58.6 Å². The van der Waals surface area contributed by atoms with Gasteiger partial charge < -0.3 is 14.4 Å². The number of carbonyl (C=O) groups is 1. The summed E-state index contributed by atoms with van der Waals surface area (Å²) >= 11 is 5.97. The molecule has 0 N–H and O–H groups in total. The number of hydrogen-bond donors (Lipinski definition) is 0. The van der Waals surface area contributed by atoms with E-state index in [-0.39, 0.29) is 18.1 Å². The minimum absolute atomic E-state index is 0.0396. The Morgan fingerprint density at radius 1 is 1.43 bits per heavy atom. The number of amides is 1. The number of rotatable bonds is 3. The molecular formula is C16H24ClN3O3. The Hall–Kier alpha value is -1.56. The Balaban J connectivity index is 1.98. The Morgan fingerprint density at radius 3 is 2.83 bits per heavy atom. The number of halogens is 1. The summed E-state index contributed by atoms with van der Waals surface area (Å²) < 4.78 is 11.1. The van der Waals surface area contributed by atoms with E-state index >= 15 is 0 Å². The number of piperidine rings is 1. The monoisotopic (exact) mass is 341 g/mol. The number of hydrogen-bond acceptors (Lipinski definition) is 5. The predicted molar refractivity (Wildman–Crippen MR) is 87.9 cm³/mol. The molecule has 0 aliphatic carbocycles. The van der Waals surface area contributed by atoms with E-state index in [2.05, 4.69) is 9.97 Å². The van der Waals surface area contributed by atoms with Gasteiger partial charge in [-0.15, -0.1) is 0 Å². The molecule has 1 unspecified atom stereocenters. The molecule has 0 radical (unpaired) electrons. The number of aryl methyl sites for hydroxylation is 1. The average Bonchev–Trinajstić information content (AvgIpc) is 2.47. The van der Waals surface area contributed by atoms with Crippen molar-refractivity contribution in [3.8, 4) is 6.01 Å². The van der Waals surface area contributed by atoms with Crippen LogP contribution in [0.3, 0.4) is 0 Å². The van der Waals surface area contributed by atoms with Crippen molar-refractivity contribution in [3.05, 3.63) is 16.9 Å². The molecule has 0 aromatic carbocycles. The predicted octanol–water partition coefficient (Wildman–Crippen LogP) is 3.61. The van der Waals surface area contributed by atoms with E-state index in [0.29, 0.717) is 18.3 Å². The molecule has 1 aromatic rings. The number of aromatic nitrogens is 2. The largest absolute Gasteiger partial charge is 0.461 e. The maximum atomic E-state index is 12.3. The highest BCUT2D eigenvalue weighted by atomic mass is 35.5. The van der Waals surface area contributed by atoms with Crippen molar-refractivity contribution < 1.29 is 14.3 Å². The summed E-state index contributed by atoms with van der Waals surface area (Å²) in [5, 5.41) is 0.377. The van der Waals surface area contributed by atoms with Crippen molar-refractivity contribution in [3.63, 3.8) is 0 Å². The molecule has 0 saturated carbocycles. The van der Waals surface area contributed by atoms with Crippen LogP contribution in [-0.4, -0.2) is 45.8 Å². The molecule has 1 fully saturated rings. The molecule has 128 valence electrons. The minimum Gasteiger partial charge on any atom is -0.461 e. The molecule has 1 aromatic heterocycles. The van der Waals surface area contributed by atoms with Gasteiger partial charge in [0.25, 0.3) is 0 Å². The van der Waals surface area contributed by atoms with Gasteiger partial charge in [0, 0.05) is 18.3 Å². The molecule has 1 amide bonds. The van der Waals surface area contributed by atoms with Gasteiger partial charge in [0.1, 0.15) is 17.4 Å². The van der Waals surface area contributed by atoms with Crippen molar-refractivity contribution in [2.75, 3.05) is 13.2 Å². The quantitative estimate of drug-likeness (QED) is 0.786. The number of nitrogens with zero attached hydrogens (tertiary/aromatic N) is 3. The zero-order valence-electron chi connectivity index (χ0n) is 14.1. The summed E-state index contributed by atoms with van der Waals surface area (Å²) in [6, 6.07) is 0.192. The van der Waals surface area contributed by atoms with Gasteiger partial charge in [0.15, 0.2) is 0 Å². The topological polar surface area (TPSA) is 64.5 Å². The van der Waals surface area contributed by atoms with Crippen LogP contribution in [0.4, 0.5) is 4.79 Å². The first kappa shape index (κ1) is 17.8. The van der Waals surface area contributed by atoms with Gasteiger partial charge in [0.05, 0.1) is 6.04 Å². The second-order valence-electron chi connectivity index (χ2n) is 6.76. The fourth-order valence-electron chi connectivity index (χ4n) is 2.38. The second-order valence-corrected chi connectivity index (χ2v) is 7.12. The average molecular weight is 342 g/mol. The van der Waals surface area contributed by atoms with E-state index in [1.165, 1.54) is 0 Å². The molecule has 0 bridgehead atoms. The smallest absolute Gasteiger partial charge is 0.410 e. The Bertz CT molecular complexity index is 560. The third kappa shape index (κ3) is 5.23. The Morgan fingerprint density at radius 2 is 2.17 bits per heavy atom. The third-order valence-corrected chi connectivity index (χ3v) is 3.93. The van der Waals surface area contributed by atoms with Gasteiger partial charge in [-0.3, -0.25) is 0 Å². The molecule has 1 atom stereocenters. The molecule has 1 saturated heterocycles. The van der Waals surface area contributed by atoms with E-state index in [0.717, 1.165) is 24.8 Å². The molecular weight excluding hydrogens is 318 g/mol. The number of ether oxygens (including phenoxy) is 2. The molecule has 0 spiro atoms. The Labute approximate surface area is 142 Å². The van der Waals surface area contributed by atoms with Crippen LogP contribution in [0.5, 0.6) is 6.01 Å². The van der Waals surface area contributed by atoms with Gasteiger partial charge in [-0.1, -0.05) is 11.6 Å². The molecule has 7 heteroatoms. The lowest BCUT2D eigenvalue weighted by Gasteiger charge is -2.36. The first-order chi connectivity index (χ1) is 10.8. The van der Waals surface area contributed by atoms with E-state index in [9.17, 15) is 4.79 Å². The van der Waals surface area contributed by atoms with Crippen LogP contribution in [0, 0.1) is 6.92 Å². The lowest BCUT2D eigenvalue weighted by atomic mass is 10.0. The maximum Gasteiger partial charge on any atom is 0.410 e. The Kier molecular flexibility index (Phi) is 5.68. The van der Waals surface area contributed by atoms with Crippen LogP contribution in [0.2, 0.25) is 5.15 Å². The van der Waals surface area contributed by atoms with Gasteiger partial charge in [-0.25, -0.2) is 9.78 Å². The SMILES string of the molecule is Cc1cnc(OCC2CCCCN2C(=O)OC(C)(C)C)nc1Cl. The molecule has 1 aliphatic heterocycles. The highest BCUT2D eigenvalue weighted by Crippen LogP contribution is 2.21. The lowest BCUT2D eigenvalue weighted by Crippen LogP contribution is -2.48. The standard InChI is InChI=1S/C16H24ClN3O3/c1-11-9-18-14(19-13(11)17)22-10-12-7-5-6-8-20(12)15(21)23-16(2,3)4/h9,12H,5-8,10H2,1-4H3. The highest BCUT2D eigenvalue weighted by Gasteiger charge is 2.31. The van der Waals surface area contributed by atoms with Gasteiger partial charge in [0.2, 0.25) is 0 Å². The van der Waals surface area contributed by atoms with E-state index in [4.69, 9.17) is 21.1 Å². The first-order valence-corrected chi connectivity index (χ1v) is 8.25. The van der Waals surface area contributed by atoms with Gasteiger partial charge in [-0.05, 0) is 47.0 Å². The van der Waals surface area contributed by atoms with E-state index in [1.54, 1.807) is 11.1 Å². The van der Waals surface area contributed by atoms with Crippen molar-refractivity contribution in [1.29, 1.82) is 0 Å². The number of carbonyl (C=O) groups excluding carboxylic acids is 1. The van der Waals surface area contributed by atoms with Crippen LogP contribution in [-0.2, 0) is 4.74 Å². The normalized spacial score (nSPS) is 18.7. The van der Waals surface area contributed by atoms with Crippen molar-refractivity contribution in [2.24, 2.45) is 0 Å². The van der Waals surface area contributed by atoms with Crippen LogP contribution < -0.4 is 4.74 Å². The van der Waals surface area contributed by atoms with E-state index < -0.39 is 5.60 Å². The summed E-state index contributed by atoms with van der Waals surface area (Å²) in [5.41, 5.74) is 0.292. The fourth-order valence-corrected chi connectivity index (χ4v) is 2.50. The number of likely N-dealkylation sites (tertiary alicyclic amines) is 1.